The fourth-order valence-electron chi connectivity index (χ4n) is 2.25. The second kappa shape index (κ2) is 10.0. The first-order valence-electron chi connectivity index (χ1n) is 7.81. The molecule has 116 valence electrons. The van der Waals surface area contributed by atoms with Crippen molar-refractivity contribution in [2.75, 3.05) is 25.1 Å². The molecular formula is C18H27NO2. The predicted molar refractivity (Wildman–Crippen MR) is 90.1 cm³/mol. The van der Waals surface area contributed by atoms with Crippen LogP contribution in [0.3, 0.4) is 0 Å². The van der Waals surface area contributed by atoms with Crippen LogP contribution in [0.4, 0.5) is 5.69 Å². The number of hydrogen-bond acceptors (Lipinski definition) is 3. The molecule has 0 aliphatic rings. The van der Waals surface area contributed by atoms with E-state index in [1.165, 1.54) is 37.4 Å². The van der Waals surface area contributed by atoms with Crippen molar-refractivity contribution in [1.82, 2.24) is 0 Å². The quantitative estimate of drug-likeness (QED) is 0.475. The number of carbonyl (C=O) groups excluding carboxylic acids is 1. The lowest BCUT2D eigenvalue weighted by atomic mass is 10.1. The number of rotatable bonds is 10. The van der Waals surface area contributed by atoms with E-state index < -0.39 is 0 Å². The highest BCUT2D eigenvalue weighted by atomic mass is 16.5. The lowest BCUT2D eigenvalue weighted by Crippen LogP contribution is -2.25. The van der Waals surface area contributed by atoms with Gasteiger partial charge >= 0.3 is 0 Å². The molecule has 21 heavy (non-hydrogen) atoms. The van der Waals surface area contributed by atoms with Crippen LogP contribution in [0, 0.1) is 0 Å². The fourth-order valence-corrected chi connectivity index (χ4v) is 2.25. The number of ether oxygens (including phenoxy) is 1. The van der Waals surface area contributed by atoms with Gasteiger partial charge in [-0.2, -0.15) is 0 Å². The van der Waals surface area contributed by atoms with Crippen LogP contribution in [0.2, 0.25) is 0 Å². The van der Waals surface area contributed by atoms with Crippen LogP contribution in [0.1, 0.15) is 45.1 Å². The Bertz CT molecular complexity index is 447. The minimum absolute atomic E-state index is 0.780. The lowest BCUT2D eigenvalue weighted by molar-refractivity contribution is -0.104. The molecule has 0 N–H and O–H groups in total. The molecule has 0 spiro atoms. The maximum Gasteiger partial charge on any atom is 0.142 e. The number of aldehydes is 1. The first-order chi connectivity index (χ1) is 10.3. The van der Waals surface area contributed by atoms with Crippen molar-refractivity contribution in [3.63, 3.8) is 0 Å². The normalized spacial score (nSPS) is 10.8. The smallest absolute Gasteiger partial charge is 0.142 e. The Balaban J connectivity index is 2.96. The van der Waals surface area contributed by atoms with Gasteiger partial charge in [0.05, 0.1) is 7.11 Å². The van der Waals surface area contributed by atoms with Crippen LogP contribution >= 0.6 is 0 Å². The highest BCUT2D eigenvalue weighted by Crippen LogP contribution is 2.27. The second-order valence-corrected chi connectivity index (χ2v) is 5.12. The molecule has 0 aliphatic carbocycles. The largest absolute Gasteiger partial charge is 0.496 e. The summed E-state index contributed by atoms with van der Waals surface area (Å²) in [4.78, 5) is 12.9. The average molecular weight is 289 g/mol. The number of benzene rings is 1. The van der Waals surface area contributed by atoms with Gasteiger partial charge in [0.1, 0.15) is 12.0 Å². The molecule has 0 bridgehead atoms. The van der Waals surface area contributed by atoms with Gasteiger partial charge in [-0.25, -0.2) is 0 Å². The number of carbonyl (C=O) groups is 1. The number of unbranched alkanes of at least 4 members (excludes halogenated alkanes) is 2. The van der Waals surface area contributed by atoms with Crippen LogP contribution in [-0.2, 0) is 4.79 Å². The summed E-state index contributed by atoms with van der Waals surface area (Å²) in [5, 5.41) is 0. The number of anilines is 1. The molecule has 1 aromatic rings. The third-order valence-electron chi connectivity index (χ3n) is 3.50. The Kier molecular flexibility index (Phi) is 8.25. The number of hydrogen-bond donors (Lipinski definition) is 0. The Morgan fingerprint density at radius 3 is 2.33 bits per heavy atom. The van der Waals surface area contributed by atoms with E-state index in [9.17, 15) is 4.79 Å². The second-order valence-electron chi connectivity index (χ2n) is 5.12. The van der Waals surface area contributed by atoms with Gasteiger partial charge < -0.3 is 9.64 Å². The van der Waals surface area contributed by atoms with E-state index in [-0.39, 0.29) is 0 Å². The van der Waals surface area contributed by atoms with Crippen LogP contribution < -0.4 is 9.64 Å². The van der Waals surface area contributed by atoms with E-state index in [0.717, 1.165) is 30.7 Å². The van der Waals surface area contributed by atoms with Crippen molar-refractivity contribution >= 4 is 18.0 Å². The minimum atomic E-state index is 0.780. The average Bonchev–Trinajstić information content (AvgIpc) is 2.53. The Labute approximate surface area is 128 Å². The summed E-state index contributed by atoms with van der Waals surface area (Å²) in [6.45, 7) is 6.57. The topological polar surface area (TPSA) is 29.5 Å². The van der Waals surface area contributed by atoms with Gasteiger partial charge in [0.2, 0.25) is 0 Å². The maximum atomic E-state index is 10.5. The van der Waals surface area contributed by atoms with Crippen molar-refractivity contribution in [3.8, 4) is 5.75 Å². The molecule has 3 nitrogen and oxygen atoms in total. The van der Waals surface area contributed by atoms with E-state index >= 15 is 0 Å². The van der Waals surface area contributed by atoms with Crippen LogP contribution in [0.25, 0.3) is 6.08 Å². The van der Waals surface area contributed by atoms with Crippen LogP contribution in [0.15, 0.2) is 24.3 Å². The van der Waals surface area contributed by atoms with Crippen LogP contribution in [0.5, 0.6) is 5.75 Å². The summed E-state index contributed by atoms with van der Waals surface area (Å²) in [5.41, 5.74) is 2.12. The molecule has 1 aromatic carbocycles. The van der Waals surface area contributed by atoms with Gasteiger partial charge in [-0.15, -0.1) is 0 Å². The zero-order valence-electron chi connectivity index (χ0n) is 13.5. The van der Waals surface area contributed by atoms with Crippen molar-refractivity contribution in [1.29, 1.82) is 0 Å². The summed E-state index contributed by atoms with van der Waals surface area (Å²) in [5.74, 6) is 0.809. The van der Waals surface area contributed by atoms with Gasteiger partial charge in [0.15, 0.2) is 0 Å². The Hall–Kier alpha value is -1.77. The van der Waals surface area contributed by atoms with Gasteiger partial charge in [-0.05, 0) is 37.1 Å². The summed E-state index contributed by atoms with van der Waals surface area (Å²) < 4.78 is 5.45. The molecule has 0 radical (unpaired) electrons. The van der Waals surface area contributed by atoms with Gasteiger partial charge in [-0.1, -0.05) is 26.7 Å². The fraction of sp³-hybridized carbons (Fsp3) is 0.500. The molecular weight excluding hydrogens is 262 g/mol. The van der Waals surface area contributed by atoms with Crippen molar-refractivity contribution in [3.05, 3.63) is 29.8 Å². The summed E-state index contributed by atoms with van der Waals surface area (Å²) >= 11 is 0. The number of nitrogens with zero attached hydrogens (tertiary/aromatic N) is 1. The summed E-state index contributed by atoms with van der Waals surface area (Å²) in [6, 6.07) is 6.19. The molecule has 0 unspecified atom stereocenters. The standard InChI is InChI=1S/C18H27NO2/c1-4-6-12-19(13-7-5-2)17-11-10-16(9-8-14-20)18(15-17)21-3/h8-11,14-15H,4-7,12-13H2,1-3H3. The third-order valence-corrected chi connectivity index (χ3v) is 3.50. The van der Waals surface area contributed by atoms with E-state index in [2.05, 4.69) is 30.9 Å². The molecule has 0 amide bonds. The van der Waals surface area contributed by atoms with E-state index in [4.69, 9.17) is 4.74 Å². The molecule has 0 fully saturated rings. The van der Waals surface area contributed by atoms with Crippen molar-refractivity contribution < 1.29 is 9.53 Å². The molecule has 1 rings (SSSR count). The monoisotopic (exact) mass is 289 g/mol. The summed E-state index contributed by atoms with van der Waals surface area (Å²) in [7, 11) is 1.67. The lowest BCUT2D eigenvalue weighted by Gasteiger charge is -2.25. The van der Waals surface area contributed by atoms with Gasteiger partial charge in [-0.3, -0.25) is 4.79 Å². The third kappa shape index (κ3) is 5.62. The number of methoxy groups -OCH3 is 1. The summed E-state index contributed by atoms with van der Waals surface area (Å²) in [6.07, 6.45) is 8.82. The highest BCUT2D eigenvalue weighted by Gasteiger charge is 2.09. The zero-order valence-corrected chi connectivity index (χ0v) is 13.5. The molecule has 0 aromatic heterocycles. The Morgan fingerprint density at radius 1 is 1.14 bits per heavy atom. The molecule has 0 heterocycles. The maximum absolute atomic E-state index is 10.5. The minimum Gasteiger partial charge on any atom is -0.496 e. The van der Waals surface area contributed by atoms with Gasteiger partial charge in [0.25, 0.3) is 0 Å². The predicted octanol–water partition coefficient (Wildman–Crippen LogP) is 4.31. The number of allylic oxidation sites excluding steroid dienone is 1. The molecule has 0 saturated heterocycles. The molecule has 0 aliphatic heterocycles. The molecule has 0 saturated carbocycles. The first kappa shape index (κ1) is 17.3. The van der Waals surface area contributed by atoms with Crippen LogP contribution in [-0.4, -0.2) is 26.5 Å². The van der Waals surface area contributed by atoms with E-state index in [1.54, 1.807) is 13.2 Å². The molecule has 0 atom stereocenters. The highest BCUT2D eigenvalue weighted by molar-refractivity contribution is 5.76. The SMILES string of the molecule is CCCCN(CCCC)c1ccc(C=CC=O)c(OC)c1. The van der Waals surface area contributed by atoms with E-state index in [0.29, 0.717) is 0 Å². The van der Waals surface area contributed by atoms with E-state index in [1.807, 2.05) is 6.07 Å². The van der Waals surface area contributed by atoms with Gasteiger partial charge in [0, 0.05) is 30.4 Å². The first-order valence-corrected chi connectivity index (χ1v) is 7.81. The van der Waals surface area contributed by atoms with Crippen molar-refractivity contribution in [2.24, 2.45) is 0 Å². The molecule has 3 heteroatoms. The van der Waals surface area contributed by atoms with Crippen molar-refractivity contribution in [2.45, 2.75) is 39.5 Å². The zero-order chi connectivity index (χ0) is 15.5. The Morgan fingerprint density at radius 2 is 1.81 bits per heavy atom.